The first-order valence-electron chi connectivity index (χ1n) is 8.04. The van der Waals surface area contributed by atoms with Crippen LogP contribution >= 0.6 is 0 Å². The van der Waals surface area contributed by atoms with Gasteiger partial charge in [-0.3, -0.25) is 4.90 Å². The van der Waals surface area contributed by atoms with Gasteiger partial charge in [-0.1, -0.05) is 0 Å². The van der Waals surface area contributed by atoms with Crippen LogP contribution in [0.4, 0.5) is 0 Å². The number of hydrogen-bond donors (Lipinski definition) is 2. The fourth-order valence-corrected chi connectivity index (χ4v) is 4.79. The molecule has 3 saturated carbocycles. The summed E-state index contributed by atoms with van der Waals surface area (Å²) in [5.41, 5.74) is 6.38. The SMILES string of the molecule is NC1C2CCC(C2)C1CNC1CCN(C2CC2)C1. The van der Waals surface area contributed by atoms with E-state index < -0.39 is 0 Å². The molecule has 0 amide bonds. The van der Waals surface area contributed by atoms with Crippen molar-refractivity contribution in [2.24, 2.45) is 23.5 Å². The van der Waals surface area contributed by atoms with E-state index in [1.54, 1.807) is 0 Å². The number of nitrogens with zero attached hydrogens (tertiary/aromatic N) is 1. The van der Waals surface area contributed by atoms with Crippen LogP contribution in [0.3, 0.4) is 0 Å². The van der Waals surface area contributed by atoms with Crippen molar-refractivity contribution in [3.63, 3.8) is 0 Å². The van der Waals surface area contributed by atoms with Gasteiger partial charge in [0.2, 0.25) is 0 Å². The van der Waals surface area contributed by atoms with E-state index >= 15 is 0 Å². The smallest absolute Gasteiger partial charge is 0.0207 e. The minimum absolute atomic E-state index is 0.497. The Hall–Kier alpha value is -0.120. The molecular weight excluding hydrogens is 222 g/mol. The average Bonchev–Trinajstić information content (AvgIpc) is 2.85. The Morgan fingerprint density at radius 2 is 1.89 bits per heavy atom. The zero-order valence-electron chi connectivity index (χ0n) is 11.4. The van der Waals surface area contributed by atoms with Gasteiger partial charge in [0, 0.05) is 37.8 Å². The Bertz CT molecular complexity index is 313. The van der Waals surface area contributed by atoms with Crippen molar-refractivity contribution in [3.05, 3.63) is 0 Å². The summed E-state index contributed by atoms with van der Waals surface area (Å²) in [6.07, 6.45) is 8.53. The van der Waals surface area contributed by atoms with Gasteiger partial charge in [0.15, 0.2) is 0 Å². The minimum Gasteiger partial charge on any atom is -0.327 e. The molecule has 1 heterocycles. The summed E-state index contributed by atoms with van der Waals surface area (Å²) in [5, 5.41) is 3.83. The van der Waals surface area contributed by atoms with Gasteiger partial charge >= 0.3 is 0 Å². The Morgan fingerprint density at radius 3 is 2.61 bits per heavy atom. The Morgan fingerprint density at radius 1 is 1.06 bits per heavy atom. The molecule has 5 unspecified atom stereocenters. The second kappa shape index (κ2) is 4.46. The second-order valence-electron chi connectivity index (χ2n) is 7.19. The van der Waals surface area contributed by atoms with Crippen LogP contribution < -0.4 is 11.1 Å². The first-order valence-corrected chi connectivity index (χ1v) is 8.04. The highest BCUT2D eigenvalue weighted by Crippen LogP contribution is 2.47. The maximum absolute atomic E-state index is 6.38. The van der Waals surface area contributed by atoms with E-state index in [2.05, 4.69) is 10.2 Å². The van der Waals surface area contributed by atoms with E-state index in [-0.39, 0.29) is 0 Å². The molecule has 3 aliphatic carbocycles. The largest absolute Gasteiger partial charge is 0.327 e. The molecule has 102 valence electrons. The molecule has 0 aromatic rings. The van der Waals surface area contributed by atoms with Crippen LogP contribution in [0.1, 0.15) is 38.5 Å². The minimum atomic E-state index is 0.497. The van der Waals surface area contributed by atoms with E-state index in [4.69, 9.17) is 5.73 Å². The van der Waals surface area contributed by atoms with Gasteiger partial charge in [0.25, 0.3) is 0 Å². The van der Waals surface area contributed by atoms with Crippen molar-refractivity contribution >= 4 is 0 Å². The lowest BCUT2D eigenvalue weighted by Gasteiger charge is -2.29. The third kappa shape index (κ3) is 2.00. The highest BCUT2D eigenvalue weighted by molar-refractivity contribution is 5.00. The van der Waals surface area contributed by atoms with Gasteiger partial charge in [0.05, 0.1) is 0 Å². The van der Waals surface area contributed by atoms with Gasteiger partial charge in [-0.2, -0.15) is 0 Å². The van der Waals surface area contributed by atoms with Gasteiger partial charge in [0.1, 0.15) is 0 Å². The number of rotatable bonds is 4. The molecule has 3 heteroatoms. The summed E-state index contributed by atoms with van der Waals surface area (Å²) >= 11 is 0. The molecule has 4 fully saturated rings. The van der Waals surface area contributed by atoms with Crippen LogP contribution in [0, 0.1) is 17.8 Å². The van der Waals surface area contributed by atoms with E-state index in [0.717, 1.165) is 29.8 Å². The molecule has 5 atom stereocenters. The number of fused-ring (bicyclic) bond motifs is 2. The molecule has 4 rings (SSSR count). The monoisotopic (exact) mass is 249 g/mol. The van der Waals surface area contributed by atoms with E-state index in [0.29, 0.717) is 6.04 Å². The molecule has 0 aromatic carbocycles. The molecule has 18 heavy (non-hydrogen) atoms. The molecule has 4 aliphatic rings. The van der Waals surface area contributed by atoms with Crippen LogP contribution in [0.25, 0.3) is 0 Å². The summed E-state index contributed by atoms with van der Waals surface area (Å²) in [6.45, 7) is 3.80. The molecule has 0 spiro atoms. The summed E-state index contributed by atoms with van der Waals surface area (Å²) in [7, 11) is 0. The lowest BCUT2D eigenvalue weighted by molar-refractivity contribution is 0.264. The zero-order valence-corrected chi connectivity index (χ0v) is 11.4. The van der Waals surface area contributed by atoms with E-state index in [1.807, 2.05) is 0 Å². The van der Waals surface area contributed by atoms with Crippen LogP contribution in [-0.4, -0.2) is 42.7 Å². The third-order valence-electron chi connectivity index (χ3n) is 6.08. The Balaban J connectivity index is 1.26. The quantitative estimate of drug-likeness (QED) is 0.786. The Kier molecular flexibility index (Phi) is 2.90. The number of likely N-dealkylation sites (tertiary alicyclic amines) is 1. The molecule has 2 bridgehead atoms. The van der Waals surface area contributed by atoms with Crippen molar-refractivity contribution in [1.29, 1.82) is 0 Å². The third-order valence-corrected chi connectivity index (χ3v) is 6.08. The van der Waals surface area contributed by atoms with Gasteiger partial charge < -0.3 is 11.1 Å². The highest BCUT2D eigenvalue weighted by Gasteiger charge is 2.45. The summed E-state index contributed by atoms with van der Waals surface area (Å²) in [5.74, 6) is 2.57. The van der Waals surface area contributed by atoms with Crippen molar-refractivity contribution in [2.45, 2.75) is 56.7 Å². The first kappa shape index (κ1) is 11.7. The van der Waals surface area contributed by atoms with Crippen LogP contribution in [0.2, 0.25) is 0 Å². The fourth-order valence-electron chi connectivity index (χ4n) is 4.79. The summed E-state index contributed by atoms with van der Waals surface area (Å²) in [6, 6.07) is 2.19. The van der Waals surface area contributed by atoms with Crippen molar-refractivity contribution in [3.8, 4) is 0 Å². The predicted octanol–water partition coefficient (Wildman–Crippen LogP) is 1.19. The van der Waals surface area contributed by atoms with Crippen molar-refractivity contribution in [2.75, 3.05) is 19.6 Å². The number of nitrogens with one attached hydrogen (secondary N) is 1. The molecule has 3 N–H and O–H groups in total. The lowest BCUT2D eigenvalue weighted by atomic mass is 9.85. The number of hydrogen-bond acceptors (Lipinski definition) is 3. The zero-order chi connectivity index (χ0) is 12.1. The predicted molar refractivity (Wildman–Crippen MR) is 73.3 cm³/mol. The van der Waals surface area contributed by atoms with Crippen molar-refractivity contribution in [1.82, 2.24) is 10.2 Å². The fraction of sp³-hybridized carbons (Fsp3) is 1.00. The van der Waals surface area contributed by atoms with Gasteiger partial charge in [-0.15, -0.1) is 0 Å². The van der Waals surface area contributed by atoms with Crippen LogP contribution in [0.5, 0.6) is 0 Å². The molecule has 3 nitrogen and oxygen atoms in total. The highest BCUT2D eigenvalue weighted by atomic mass is 15.2. The van der Waals surface area contributed by atoms with Crippen molar-refractivity contribution < 1.29 is 0 Å². The maximum Gasteiger partial charge on any atom is 0.0207 e. The molecular formula is C15H27N3. The molecule has 1 aliphatic heterocycles. The topological polar surface area (TPSA) is 41.3 Å². The normalized spacial score (nSPS) is 48.2. The number of nitrogens with two attached hydrogens (primary N) is 1. The van der Waals surface area contributed by atoms with Crippen LogP contribution in [-0.2, 0) is 0 Å². The van der Waals surface area contributed by atoms with Gasteiger partial charge in [-0.05, 0) is 56.3 Å². The standard InChI is InChI=1S/C15H27N3/c16-15-11-2-1-10(7-11)14(15)8-17-12-5-6-18(9-12)13-3-4-13/h10-15,17H,1-9,16H2. The molecule has 1 saturated heterocycles. The molecule has 0 radical (unpaired) electrons. The van der Waals surface area contributed by atoms with Gasteiger partial charge in [-0.25, -0.2) is 0 Å². The first-order chi connectivity index (χ1) is 8.81. The van der Waals surface area contributed by atoms with Crippen LogP contribution in [0.15, 0.2) is 0 Å². The second-order valence-corrected chi connectivity index (χ2v) is 7.19. The Labute approximate surface area is 110 Å². The lowest BCUT2D eigenvalue weighted by Crippen LogP contribution is -2.44. The summed E-state index contributed by atoms with van der Waals surface area (Å²) < 4.78 is 0. The van der Waals surface area contributed by atoms with E-state index in [9.17, 15) is 0 Å². The summed E-state index contributed by atoms with van der Waals surface area (Å²) in [4.78, 5) is 2.69. The van der Waals surface area contributed by atoms with E-state index in [1.165, 1.54) is 58.2 Å². The average molecular weight is 249 g/mol. The maximum atomic E-state index is 6.38. The molecule has 0 aromatic heterocycles.